The summed E-state index contributed by atoms with van der Waals surface area (Å²) in [5.41, 5.74) is 4.04. The fourth-order valence-corrected chi connectivity index (χ4v) is 5.82. The molecule has 160 valence electrons. The Bertz CT molecular complexity index is 925. The number of hydrogen-bond donors (Lipinski definition) is 0. The summed E-state index contributed by atoms with van der Waals surface area (Å²) in [7, 11) is 0. The molecule has 2 aliphatic heterocycles. The van der Waals surface area contributed by atoms with Crippen LogP contribution in [0.5, 0.6) is 0 Å². The Balaban J connectivity index is 1.45. The van der Waals surface area contributed by atoms with E-state index in [4.69, 9.17) is 0 Å². The van der Waals surface area contributed by atoms with Crippen LogP contribution >= 0.6 is 11.3 Å². The summed E-state index contributed by atoms with van der Waals surface area (Å²) in [6, 6.07) is 11.2. The third-order valence-electron chi connectivity index (χ3n) is 6.55. The van der Waals surface area contributed by atoms with Crippen LogP contribution in [0.2, 0.25) is 0 Å². The minimum Gasteiger partial charge on any atom is -0.339 e. The van der Waals surface area contributed by atoms with Gasteiger partial charge in [0.05, 0.1) is 6.04 Å². The smallest absolute Gasteiger partial charge is 0.223 e. The molecule has 3 heterocycles. The molecule has 30 heavy (non-hydrogen) atoms. The maximum absolute atomic E-state index is 13.0. The summed E-state index contributed by atoms with van der Waals surface area (Å²) in [4.78, 5) is 32.4. The molecule has 5 nitrogen and oxygen atoms in total. The maximum atomic E-state index is 13.0. The van der Waals surface area contributed by atoms with Gasteiger partial charge in [-0.25, -0.2) is 0 Å². The van der Waals surface area contributed by atoms with Gasteiger partial charge in [-0.15, -0.1) is 11.3 Å². The van der Waals surface area contributed by atoms with Crippen molar-refractivity contribution in [1.82, 2.24) is 14.7 Å². The second-order valence-electron chi connectivity index (χ2n) is 8.50. The van der Waals surface area contributed by atoms with Gasteiger partial charge in [-0.3, -0.25) is 14.5 Å². The quantitative estimate of drug-likeness (QED) is 0.753. The summed E-state index contributed by atoms with van der Waals surface area (Å²) in [5.74, 6) is 0.292. The zero-order valence-corrected chi connectivity index (χ0v) is 19.0. The number of carbonyl (C=O) groups excluding carboxylic acids is 2. The Morgan fingerprint density at radius 3 is 2.63 bits per heavy atom. The highest BCUT2D eigenvalue weighted by molar-refractivity contribution is 7.10. The minimum absolute atomic E-state index is 0.0864. The van der Waals surface area contributed by atoms with E-state index in [1.807, 2.05) is 28.1 Å². The summed E-state index contributed by atoms with van der Waals surface area (Å²) >= 11 is 1.85. The molecule has 0 saturated carbocycles. The second-order valence-corrected chi connectivity index (χ2v) is 9.50. The van der Waals surface area contributed by atoms with Crippen LogP contribution in [0.25, 0.3) is 0 Å². The van der Waals surface area contributed by atoms with Crippen molar-refractivity contribution in [3.8, 4) is 0 Å². The van der Waals surface area contributed by atoms with E-state index in [-0.39, 0.29) is 23.9 Å². The number of amides is 2. The predicted molar refractivity (Wildman–Crippen MR) is 121 cm³/mol. The van der Waals surface area contributed by atoms with Crippen LogP contribution in [-0.4, -0.2) is 65.3 Å². The van der Waals surface area contributed by atoms with Gasteiger partial charge in [-0.2, -0.15) is 0 Å². The molecule has 0 bridgehead atoms. The fourth-order valence-electron chi connectivity index (χ4n) is 4.92. The number of piperazine rings is 1. The lowest BCUT2D eigenvalue weighted by atomic mass is 9.90. The number of carbonyl (C=O) groups is 2. The highest BCUT2D eigenvalue weighted by atomic mass is 32.1. The Kier molecular flexibility index (Phi) is 6.25. The van der Waals surface area contributed by atoms with Crippen molar-refractivity contribution >= 4 is 23.2 Å². The van der Waals surface area contributed by atoms with Gasteiger partial charge in [0.25, 0.3) is 0 Å². The average molecular weight is 426 g/mol. The molecule has 4 rings (SSSR count). The first-order chi connectivity index (χ1) is 14.5. The number of rotatable bonds is 4. The number of thiophene rings is 1. The predicted octanol–water partition coefficient (Wildman–Crippen LogP) is 3.47. The van der Waals surface area contributed by atoms with Gasteiger partial charge in [-0.1, -0.05) is 24.3 Å². The van der Waals surface area contributed by atoms with Crippen molar-refractivity contribution in [1.29, 1.82) is 0 Å². The molecular weight excluding hydrogens is 394 g/mol. The average Bonchev–Trinajstić information content (AvgIpc) is 3.20. The third-order valence-corrected chi connectivity index (χ3v) is 7.54. The number of benzene rings is 1. The Morgan fingerprint density at radius 2 is 1.90 bits per heavy atom. The summed E-state index contributed by atoms with van der Waals surface area (Å²) < 4.78 is 0. The fraction of sp³-hybridized carbons (Fsp3) is 0.500. The van der Waals surface area contributed by atoms with Crippen molar-refractivity contribution < 1.29 is 9.59 Å². The van der Waals surface area contributed by atoms with E-state index in [2.05, 4.69) is 47.5 Å². The first kappa shape index (κ1) is 21.1. The van der Waals surface area contributed by atoms with E-state index >= 15 is 0 Å². The van der Waals surface area contributed by atoms with E-state index in [0.29, 0.717) is 26.1 Å². The molecule has 0 N–H and O–H groups in total. The summed E-state index contributed by atoms with van der Waals surface area (Å²) in [6.45, 7) is 9.45. The van der Waals surface area contributed by atoms with Crippen LogP contribution in [0, 0.1) is 6.92 Å². The van der Waals surface area contributed by atoms with Crippen LogP contribution in [0.4, 0.5) is 0 Å². The van der Waals surface area contributed by atoms with Gasteiger partial charge in [-0.05, 0) is 48.4 Å². The summed E-state index contributed by atoms with van der Waals surface area (Å²) in [6.07, 6.45) is 1.58. The Morgan fingerprint density at radius 1 is 1.10 bits per heavy atom. The normalized spacial score (nSPS) is 22.1. The van der Waals surface area contributed by atoms with Crippen molar-refractivity contribution in [2.75, 3.05) is 32.7 Å². The molecule has 2 aromatic rings. The molecular formula is C24H31N3O2S. The molecule has 1 fully saturated rings. The molecule has 0 unspecified atom stereocenters. The summed E-state index contributed by atoms with van der Waals surface area (Å²) in [5, 5.41) is 2.19. The van der Waals surface area contributed by atoms with Crippen LogP contribution in [-0.2, 0) is 16.0 Å². The maximum Gasteiger partial charge on any atom is 0.223 e. The van der Waals surface area contributed by atoms with Crippen LogP contribution in [0.3, 0.4) is 0 Å². The molecule has 2 atom stereocenters. The second kappa shape index (κ2) is 8.90. The zero-order chi connectivity index (χ0) is 21.3. The monoisotopic (exact) mass is 425 g/mol. The van der Waals surface area contributed by atoms with E-state index < -0.39 is 0 Å². The molecule has 2 aliphatic rings. The minimum atomic E-state index is 0.0864. The molecule has 1 aromatic heterocycles. The highest BCUT2D eigenvalue weighted by Gasteiger charge is 2.32. The van der Waals surface area contributed by atoms with E-state index in [0.717, 1.165) is 19.5 Å². The third kappa shape index (κ3) is 4.16. The number of fused-ring (bicyclic) bond motifs is 1. The van der Waals surface area contributed by atoms with Crippen LogP contribution in [0.15, 0.2) is 35.7 Å². The van der Waals surface area contributed by atoms with Gasteiger partial charge in [0.15, 0.2) is 0 Å². The van der Waals surface area contributed by atoms with E-state index in [1.165, 1.54) is 21.6 Å². The lowest BCUT2D eigenvalue weighted by Crippen LogP contribution is -2.55. The number of aryl methyl sites for hydroxylation is 1. The molecule has 0 aliphatic carbocycles. The zero-order valence-electron chi connectivity index (χ0n) is 18.1. The van der Waals surface area contributed by atoms with Gasteiger partial charge in [0.2, 0.25) is 11.8 Å². The standard InChI is InChI=1S/C24H31N3O2S/c1-17-6-4-5-7-20(17)24-21-10-15-30-22(21)8-11-25(24)12-9-23(29)26-13-14-27(19(3)28)18(2)16-26/h4-7,10,15,18,24H,8-9,11-14,16H2,1-3H3/t18-,24-/m1/s1. The lowest BCUT2D eigenvalue weighted by Gasteiger charge is -2.40. The van der Waals surface area contributed by atoms with Gasteiger partial charge < -0.3 is 9.80 Å². The topological polar surface area (TPSA) is 43.9 Å². The van der Waals surface area contributed by atoms with Crippen LogP contribution in [0.1, 0.15) is 47.9 Å². The largest absolute Gasteiger partial charge is 0.339 e. The van der Waals surface area contributed by atoms with Crippen molar-refractivity contribution in [3.63, 3.8) is 0 Å². The molecule has 1 aromatic carbocycles. The Labute approximate surface area is 183 Å². The van der Waals surface area contributed by atoms with Crippen LogP contribution < -0.4 is 0 Å². The van der Waals surface area contributed by atoms with Gasteiger partial charge in [0, 0.05) is 57.0 Å². The molecule has 6 heteroatoms. The molecule has 0 spiro atoms. The van der Waals surface area contributed by atoms with E-state index in [1.54, 1.807) is 6.92 Å². The lowest BCUT2D eigenvalue weighted by molar-refractivity contribution is -0.141. The highest BCUT2D eigenvalue weighted by Crippen LogP contribution is 2.38. The number of nitrogens with zero attached hydrogens (tertiary/aromatic N) is 3. The van der Waals surface area contributed by atoms with Crippen molar-refractivity contribution in [2.24, 2.45) is 0 Å². The first-order valence-corrected chi connectivity index (χ1v) is 11.7. The van der Waals surface area contributed by atoms with Crippen molar-refractivity contribution in [3.05, 3.63) is 57.3 Å². The molecule has 0 radical (unpaired) electrons. The Hall–Kier alpha value is -2.18. The van der Waals surface area contributed by atoms with E-state index in [9.17, 15) is 9.59 Å². The molecule has 1 saturated heterocycles. The van der Waals surface area contributed by atoms with Gasteiger partial charge in [0.1, 0.15) is 0 Å². The van der Waals surface area contributed by atoms with Crippen molar-refractivity contribution in [2.45, 2.75) is 45.7 Å². The van der Waals surface area contributed by atoms with Gasteiger partial charge >= 0.3 is 0 Å². The first-order valence-electron chi connectivity index (χ1n) is 10.9. The SMILES string of the molecule is CC(=O)N1CCN(C(=O)CCN2CCc3sccc3[C@H]2c2ccccc2C)C[C@H]1C. The molecule has 2 amide bonds. The number of hydrogen-bond acceptors (Lipinski definition) is 4.